The highest BCUT2D eigenvalue weighted by Gasteiger charge is 2.26. The van der Waals surface area contributed by atoms with Gasteiger partial charge in [-0.3, -0.25) is 0 Å². The molecule has 0 aromatic heterocycles. The quantitative estimate of drug-likeness (QED) is 0.867. The fourth-order valence-electron chi connectivity index (χ4n) is 3.31. The van der Waals surface area contributed by atoms with E-state index in [1.54, 1.807) is 12.1 Å². The first-order chi connectivity index (χ1) is 9.06. The minimum atomic E-state index is 0.262. The SMILES string of the molecule is CC(C)C1CCC(C(N)Cc2ccc(O)cc2)CC1. The van der Waals surface area contributed by atoms with E-state index in [-0.39, 0.29) is 6.04 Å². The molecular weight excluding hydrogens is 234 g/mol. The van der Waals surface area contributed by atoms with Crippen molar-refractivity contribution in [3.63, 3.8) is 0 Å². The van der Waals surface area contributed by atoms with Crippen LogP contribution >= 0.6 is 0 Å². The fraction of sp³-hybridized carbons (Fsp3) is 0.647. The van der Waals surface area contributed by atoms with E-state index in [4.69, 9.17) is 5.73 Å². The van der Waals surface area contributed by atoms with Gasteiger partial charge in [-0.05, 0) is 67.6 Å². The van der Waals surface area contributed by atoms with Crippen LogP contribution in [0.5, 0.6) is 5.75 Å². The van der Waals surface area contributed by atoms with Gasteiger partial charge < -0.3 is 10.8 Å². The summed E-state index contributed by atoms with van der Waals surface area (Å²) < 4.78 is 0. The van der Waals surface area contributed by atoms with Crippen LogP contribution in [-0.4, -0.2) is 11.1 Å². The zero-order chi connectivity index (χ0) is 13.8. The van der Waals surface area contributed by atoms with Crippen LogP contribution in [0.2, 0.25) is 0 Å². The summed E-state index contributed by atoms with van der Waals surface area (Å²) >= 11 is 0. The maximum atomic E-state index is 9.29. The molecule has 1 aliphatic carbocycles. The van der Waals surface area contributed by atoms with Gasteiger partial charge in [0.15, 0.2) is 0 Å². The molecule has 0 heterocycles. The summed E-state index contributed by atoms with van der Waals surface area (Å²) in [6.45, 7) is 4.67. The Morgan fingerprint density at radius 1 is 1.05 bits per heavy atom. The molecule has 0 radical (unpaired) electrons. The molecule has 0 aliphatic heterocycles. The van der Waals surface area contributed by atoms with Gasteiger partial charge >= 0.3 is 0 Å². The zero-order valence-corrected chi connectivity index (χ0v) is 12.2. The molecule has 0 bridgehead atoms. The molecule has 1 aromatic carbocycles. The lowest BCUT2D eigenvalue weighted by Crippen LogP contribution is -2.35. The molecule has 1 aromatic rings. The van der Waals surface area contributed by atoms with Gasteiger partial charge in [0.05, 0.1) is 0 Å². The molecule has 1 fully saturated rings. The highest BCUT2D eigenvalue weighted by atomic mass is 16.3. The lowest BCUT2D eigenvalue weighted by molar-refractivity contribution is 0.202. The Hall–Kier alpha value is -1.02. The summed E-state index contributed by atoms with van der Waals surface area (Å²) in [7, 11) is 0. The average molecular weight is 261 g/mol. The van der Waals surface area contributed by atoms with E-state index in [0.29, 0.717) is 11.7 Å². The van der Waals surface area contributed by atoms with Crippen molar-refractivity contribution < 1.29 is 5.11 Å². The van der Waals surface area contributed by atoms with Crippen molar-refractivity contribution in [2.75, 3.05) is 0 Å². The van der Waals surface area contributed by atoms with Crippen LogP contribution in [0.4, 0.5) is 0 Å². The van der Waals surface area contributed by atoms with Crippen molar-refractivity contribution in [2.24, 2.45) is 23.5 Å². The summed E-state index contributed by atoms with van der Waals surface area (Å²) in [5.74, 6) is 2.71. The zero-order valence-electron chi connectivity index (χ0n) is 12.2. The molecule has 106 valence electrons. The molecule has 0 spiro atoms. The maximum absolute atomic E-state index is 9.29. The number of hydrogen-bond donors (Lipinski definition) is 2. The smallest absolute Gasteiger partial charge is 0.115 e. The number of hydrogen-bond acceptors (Lipinski definition) is 2. The third-order valence-corrected chi connectivity index (χ3v) is 4.77. The van der Waals surface area contributed by atoms with Gasteiger partial charge in [0.25, 0.3) is 0 Å². The topological polar surface area (TPSA) is 46.2 Å². The van der Waals surface area contributed by atoms with Crippen molar-refractivity contribution in [1.29, 1.82) is 0 Å². The normalized spacial score (nSPS) is 25.5. The van der Waals surface area contributed by atoms with Crippen LogP contribution in [0.3, 0.4) is 0 Å². The van der Waals surface area contributed by atoms with Crippen molar-refractivity contribution >= 4 is 0 Å². The van der Waals surface area contributed by atoms with E-state index < -0.39 is 0 Å². The van der Waals surface area contributed by atoms with Gasteiger partial charge in [-0.15, -0.1) is 0 Å². The standard InChI is InChI=1S/C17H27NO/c1-12(2)14-5-7-15(8-6-14)17(18)11-13-3-9-16(19)10-4-13/h3-4,9-10,12,14-15,17,19H,5-8,11,18H2,1-2H3. The molecule has 1 saturated carbocycles. The van der Waals surface area contributed by atoms with Gasteiger partial charge in [0.2, 0.25) is 0 Å². The van der Waals surface area contributed by atoms with E-state index in [9.17, 15) is 5.11 Å². The van der Waals surface area contributed by atoms with Gasteiger partial charge in [-0.25, -0.2) is 0 Å². The van der Waals surface area contributed by atoms with E-state index in [1.807, 2.05) is 12.1 Å². The van der Waals surface area contributed by atoms with Crippen LogP contribution in [0, 0.1) is 17.8 Å². The monoisotopic (exact) mass is 261 g/mol. The average Bonchev–Trinajstić information content (AvgIpc) is 2.41. The first-order valence-electron chi connectivity index (χ1n) is 7.59. The molecule has 2 nitrogen and oxygen atoms in total. The predicted octanol–water partition coefficient (Wildman–Crippen LogP) is 3.72. The second-order valence-electron chi connectivity index (χ2n) is 6.45. The van der Waals surface area contributed by atoms with Crippen LogP contribution in [-0.2, 0) is 6.42 Å². The molecule has 2 heteroatoms. The highest BCUT2D eigenvalue weighted by Crippen LogP contribution is 2.34. The minimum Gasteiger partial charge on any atom is -0.508 e. The molecule has 1 unspecified atom stereocenters. The number of phenols is 1. The number of benzene rings is 1. The maximum Gasteiger partial charge on any atom is 0.115 e. The van der Waals surface area contributed by atoms with Crippen LogP contribution in [0.25, 0.3) is 0 Å². The van der Waals surface area contributed by atoms with Gasteiger partial charge in [-0.2, -0.15) is 0 Å². The fourth-order valence-corrected chi connectivity index (χ4v) is 3.31. The summed E-state index contributed by atoms with van der Waals surface area (Å²) in [6.07, 6.45) is 6.17. The molecule has 1 aliphatic rings. The molecular formula is C17H27NO. The van der Waals surface area contributed by atoms with Crippen LogP contribution < -0.4 is 5.73 Å². The van der Waals surface area contributed by atoms with Crippen molar-refractivity contribution in [2.45, 2.75) is 52.0 Å². The Morgan fingerprint density at radius 2 is 1.58 bits per heavy atom. The first kappa shape index (κ1) is 14.4. The molecule has 0 amide bonds. The Kier molecular flexibility index (Phi) is 4.87. The first-order valence-corrected chi connectivity index (χ1v) is 7.59. The molecule has 3 N–H and O–H groups in total. The molecule has 19 heavy (non-hydrogen) atoms. The van der Waals surface area contributed by atoms with E-state index in [0.717, 1.165) is 18.3 Å². The number of rotatable bonds is 4. The lowest BCUT2D eigenvalue weighted by atomic mass is 9.74. The third kappa shape index (κ3) is 3.97. The second kappa shape index (κ2) is 6.42. The third-order valence-electron chi connectivity index (χ3n) is 4.77. The molecule has 1 atom stereocenters. The highest BCUT2D eigenvalue weighted by molar-refractivity contribution is 5.26. The van der Waals surface area contributed by atoms with E-state index >= 15 is 0 Å². The van der Waals surface area contributed by atoms with E-state index in [1.165, 1.54) is 31.2 Å². The summed E-state index contributed by atoms with van der Waals surface area (Å²) in [5.41, 5.74) is 7.61. The number of phenolic OH excluding ortho intramolecular Hbond substituents is 1. The number of nitrogens with two attached hydrogens (primary N) is 1. The van der Waals surface area contributed by atoms with Crippen LogP contribution in [0.15, 0.2) is 24.3 Å². The largest absolute Gasteiger partial charge is 0.508 e. The van der Waals surface area contributed by atoms with Crippen molar-refractivity contribution in [1.82, 2.24) is 0 Å². The summed E-state index contributed by atoms with van der Waals surface area (Å²) in [6, 6.07) is 7.72. The molecule has 0 saturated heterocycles. The Labute approximate surface area is 117 Å². The van der Waals surface area contributed by atoms with Gasteiger partial charge in [-0.1, -0.05) is 26.0 Å². The Morgan fingerprint density at radius 3 is 2.11 bits per heavy atom. The summed E-state index contributed by atoms with van der Waals surface area (Å²) in [4.78, 5) is 0. The van der Waals surface area contributed by atoms with E-state index in [2.05, 4.69) is 13.8 Å². The van der Waals surface area contributed by atoms with Crippen molar-refractivity contribution in [3.05, 3.63) is 29.8 Å². The summed E-state index contributed by atoms with van der Waals surface area (Å²) in [5, 5.41) is 9.29. The van der Waals surface area contributed by atoms with Crippen LogP contribution in [0.1, 0.15) is 45.1 Å². The van der Waals surface area contributed by atoms with Crippen molar-refractivity contribution in [3.8, 4) is 5.75 Å². The number of aromatic hydroxyl groups is 1. The molecule has 2 rings (SSSR count). The van der Waals surface area contributed by atoms with Gasteiger partial charge in [0, 0.05) is 6.04 Å². The Bertz CT molecular complexity index is 377. The predicted molar refractivity (Wildman–Crippen MR) is 80.1 cm³/mol. The minimum absolute atomic E-state index is 0.262. The second-order valence-corrected chi connectivity index (χ2v) is 6.45. The lowest BCUT2D eigenvalue weighted by Gasteiger charge is -2.34. The Balaban J connectivity index is 1.84. The van der Waals surface area contributed by atoms with Gasteiger partial charge in [0.1, 0.15) is 5.75 Å².